The lowest BCUT2D eigenvalue weighted by atomic mass is 10.2. The van der Waals surface area contributed by atoms with Gasteiger partial charge in [-0.05, 0) is 17.7 Å². The Bertz CT molecular complexity index is 193. The third-order valence-corrected chi connectivity index (χ3v) is 1.63. The van der Waals surface area contributed by atoms with Gasteiger partial charge in [0.05, 0.1) is 6.54 Å². The molecule has 3 N–H and O–H groups in total. The normalized spacial score (nSPS) is 9.80. The number of rotatable bonds is 2. The lowest BCUT2D eigenvalue weighted by Gasteiger charge is -1.94. The highest BCUT2D eigenvalue weighted by Gasteiger charge is 1.90. The van der Waals surface area contributed by atoms with E-state index < -0.39 is 0 Å². The highest BCUT2D eigenvalue weighted by Crippen LogP contribution is 2.08. The van der Waals surface area contributed by atoms with Crippen LogP contribution in [0.1, 0.15) is 5.56 Å². The van der Waals surface area contributed by atoms with Crippen molar-refractivity contribution in [3.8, 4) is 0 Å². The van der Waals surface area contributed by atoms with Gasteiger partial charge in [0.15, 0.2) is 0 Å². The van der Waals surface area contributed by atoms with E-state index >= 15 is 0 Å². The summed E-state index contributed by atoms with van der Waals surface area (Å²) >= 11 is 5.70. The van der Waals surface area contributed by atoms with Crippen molar-refractivity contribution in [1.29, 1.82) is 0 Å². The second-order valence-corrected chi connectivity index (χ2v) is 2.67. The average Bonchev–Trinajstić information content (AvgIpc) is 1.95. The number of benzene rings is 1. The van der Waals surface area contributed by atoms with Gasteiger partial charge in [0.1, 0.15) is 0 Å². The van der Waals surface area contributed by atoms with Crippen LogP contribution in [0, 0.1) is 0 Å². The Morgan fingerprint density at radius 1 is 1.20 bits per heavy atom. The molecule has 1 nitrogen and oxygen atoms in total. The van der Waals surface area contributed by atoms with Crippen molar-refractivity contribution in [2.24, 2.45) is 0 Å². The summed E-state index contributed by atoms with van der Waals surface area (Å²) in [6, 6.07) is 7.89. The van der Waals surface area contributed by atoms with Crippen LogP contribution in [0.2, 0.25) is 5.02 Å². The van der Waals surface area contributed by atoms with Crippen LogP contribution in [0.3, 0.4) is 0 Å². The van der Waals surface area contributed by atoms with Crippen molar-refractivity contribution in [3.63, 3.8) is 0 Å². The van der Waals surface area contributed by atoms with Gasteiger partial charge in [0.25, 0.3) is 0 Å². The van der Waals surface area contributed by atoms with E-state index in [1.807, 2.05) is 24.3 Å². The van der Waals surface area contributed by atoms with Gasteiger partial charge in [0.2, 0.25) is 0 Å². The summed E-state index contributed by atoms with van der Waals surface area (Å²) in [7, 11) is 0. The molecule has 54 valence electrons. The zero-order valence-corrected chi connectivity index (χ0v) is 6.56. The van der Waals surface area contributed by atoms with Crippen molar-refractivity contribution in [1.82, 2.24) is 0 Å². The second-order valence-electron chi connectivity index (χ2n) is 2.23. The minimum absolute atomic E-state index is 0.799. The van der Waals surface area contributed by atoms with Crippen LogP contribution in [0.25, 0.3) is 0 Å². The van der Waals surface area contributed by atoms with E-state index in [9.17, 15) is 0 Å². The zero-order valence-electron chi connectivity index (χ0n) is 5.81. The lowest BCUT2D eigenvalue weighted by molar-refractivity contribution is -0.366. The summed E-state index contributed by atoms with van der Waals surface area (Å²) in [6.07, 6.45) is 1.04. The third-order valence-electron chi connectivity index (χ3n) is 1.38. The Morgan fingerprint density at radius 2 is 1.80 bits per heavy atom. The molecular formula is C8H11ClN+. The van der Waals surface area contributed by atoms with Gasteiger partial charge in [-0.2, -0.15) is 0 Å². The van der Waals surface area contributed by atoms with Crippen LogP contribution in [0.4, 0.5) is 0 Å². The van der Waals surface area contributed by atoms with E-state index in [2.05, 4.69) is 5.73 Å². The number of hydrogen-bond acceptors (Lipinski definition) is 0. The predicted octanol–water partition coefficient (Wildman–Crippen LogP) is 1.12. The first-order chi connectivity index (χ1) is 4.83. The molecule has 1 aromatic rings. The van der Waals surface area contributed by atoms with Crippen LogP contribution in [0.15, 0.2) is 24.3 Å². The molecule has 1 aromatic carbocycles. The summed E-state index contributed by atoms with van der Waals surface area (Å²) in [5, 5.41) is 0.799. The lowest BCUT2D eigenvalue weighted by Crippen LogP contribution is -2.51. The predicted molar refractivity (Wildman–Crippen MR) is 42.9 cm³/mol. The summed E-state index contributed by atoms with van der Waals surface area (Å²) in [5.41, 5.74) is 5.08. The highest BCUT2D eigenvalue weighted by atomic mass is 35.5. The van der Waals surface area contributed by atoms with Crippen LogP contribution in [-0.2, 0) is 6.42 Å². The summed E-state index contributed by atoms with van der Waals surface area (Å²) in [6.45, 7) is 0.946. The van der Waals surface area contributed by atoms with Crippen molar-refractivity contribution in [2.45, 2.75) is 6.42 Å². The Kier molecular flexibility index (Phi) is 2.72. The van der Waals surface area contributed by atoms with Crippen molar-refractivity contribution >= 4 is 11.6 Å². The van der Waals surface area contributed by atoms with Crippen LogP contribution < -0.4 is 5.73 Å². The van der Waals surface area contributed by atoms with Gasteiger partial charge in [-0.15, -0.1) is 0 Å². The minimum atomic E-state index is 0.799. The fourth-order valence-electron chi connectivity index (χ4n) is 0.855. The Morgan fingerprint density at radius 3 is 2.30 bits per heavy atom. The molecule has 0 bridgehead atoms. The molecule has 0 aliphatic rings. The molecule has 0 spiro atoms. The summed E-state index contributed by atoms with van der Waals surface area (Å²) in [5.74, 6) is 0. The fraction of sp³-hybridized carbons (Fsp3) is 0.250. The first-order valence-corrected chi connectivity index (χ1v) is 3.74. The van der Waals surface area contributed by atoms with E-state index in [1.54, 1.807) is 0 Å². The van der Waals surface area contributed by atoms with Crippen molar-refractivity contribution in [2.75, 3.05) is 6.54 Å². The van der Waals surface area contributed by atoms with Crippen LogP contribution in [0.5, 0.6) is 0 Å². The topological polar surface area (TPSA) is 27.6 Å². The monoisotopic (exact) mass is 156 g/mol. The third kappa shape index (κ3) is 2.01. The van der Waals surface area contributed by atoms with Crippen LogP contribution >= 0.6 is 11.6 Å². The molecule has 0 heterocycles. The Hall–Kier alpha value is -0.530. The van der Waals surface area contributed by atoms with E-state index in [1.165, 1.54) is 5.56 Å². The standard InChI is InChI=1S/C8H10ClN/c9-8-3-1-7(2-4-8)5-6-10/h1-4H,5-6,10H2/p+1. The SMILES string of the molecule is [NH3+]CCc1ccc(Cl)cc1. The molecule has 0 saturated carbocycles. The molecule has 10 heavy (non-hydrogen) atoms. The molecule has 0 saturated heterocycles. The van der Waals surface area contributed by atoms with E-state index in [0.29, 0.717) is 0 Å². The fourth-order valence-corrected chi connectivity index (χ4v) is 0.981. The largest absolute Gasteiger partial charge is 0.357 e. The highest BCUT2D eigenvalue weighted by molar-refractivity contribution is 6.30. The van der Waals surface area contributed by atoms with Gasteiger partial charge in [-0.25, -0.2) is 0 Å². The van der Waals surface area contributed by atoms with Gasteiger partial charge in [-0.1, -0.05) is 23.7 Å². The minimum Gasteiger partial charge on any atom is -0.357 e. The molecule has 2 heteroatoms. The summed E-state index contributed by atoms with van der Waals surface area (Å²) < 4.78 is 0. The molecule has 0 amide bonds. The Balaban J connectivity index is 2.69. The number of quaternary nitrogens is 1. The Labute approximate surface area is 65.8 Å². The van der Waals surface area contributed by atoms with Gasteiger partial charge in [0, 0.05) is 11.4 Å². The van der Waals surface area contributed by atoms with Crippen molar-refractivity contribution < 1.29 is 5.73 Å². The quantitative estimate of drug-likeness (QED) is 0.665. The van der Waals surface area contributed by atoms with Gasteiger partial charge < -0.3 is 5.73 Å². The first kappa shape index (κ1) is 7.58. The molecule has 0 atom stereocenters. The molecule has 0 unspecified atom stereocenters. The van der Waals surface area contributed by atoms with E-state index in [4.69, 9.17) is 11.6 Å². The number of halogens is 1. The molecule has 0 aromatic heterocycles. The number of hydrogen-bond donors (Lipinski definition) is 1. The van der Waals surface area contributed by atoms with E-state index in [-0.39, 0.29) is 0 Å². The molecule has 0 aliphatic heterocycles. The molecule has 0 aliphatic carbocycles. The smallest absolute Gasteiger partial charge is 0.0780 e. The maximum atomic E-state index is 5.70. The molecular weight excluding hydrogens is 146 g/mol. The van der Waals surface area contributed by atoms with Gasteiger partial charge in [-0.3, -0.25) is 0 Å². The molecule has 1 rings (SSSR count). The zero-order chi connectivity index (χ0) is 7.40. The van der Waals surface area contributed by atoms with E-state index in [0.717, 1.165) is 18.0 Å². The molecule has 0 fully saturated rings. The average molecular weight is 157 g/mol. The van der Waals surface area contributed by atoms with Crippen molar-refractivity contribution in [3.05, 3.63) is 34.9 Å². The van der Waals surface area contributed by atoms with Gasteiger partial charge >= 0.3 is 0 Å². The second kappa shape index (κ2) is 3.59. The molecule has 0 radical (unpaired) electrons. The summed E-state index contributed by atoms with van der Waals surface area (Å²) in [4.78, 5) is 0. The maximum absolute atomic E-state index is 5.70. The maximum Gasteiger partial charge on any atom is 0.0780 e. The van der Waals surface area contributed by atoms with Crippen LogP contribution in [-0.4, -0.2) is 6.54 Å². The first-order valence-electron chi connectivity index (χ1n) is 3.36.